The lowest BCUT2D eigenvalue weighted by Crippen LogP contribution is -2.44. The molecule has 5 heteroatoms. The number of hydrogen-bond donors (Lipinski definition) is 0. The van der Waals surface area contributed by atoms with Crippen molar-refractivity contribution in [3.8, 4) is 6.07 Å². The molecule has 2 saturated heterocycles. The van der Waals surface area contributed by atoms with Crippen molar-refractivity contribution in [3.05, 3.63) is 144 Å². The third-order valence-electron chi connectivity index (χ3n) is 8.02. The van der Waals surface area contributed by atoms with Gasteiger partial charge in [-0.05, 0) is 22.3 Å². The Morgan fingerprint density at radius 2 is 1.23 bits per heavy atom. The maximum atomic E-state index is 14.2. The van der Waals surface area contributed by atoms with Crippen LogP contribution >= 0.6 is 0 Å². The Labute approximate surface area is 230 Å². The van der Waals surface area contributed by atoms with Gasteiger partial charge in [0.25, 0.3) is 0 Å². The van der Waals surface area contributed by atoms with Crippen LogP contribution in [0.25, 0.3) is 0 Å². The Morgan fingerprint density at radius 1 is 0.744 bits per heavy atom. The second-order valence-electron chi connectivity index (χ2n) is 10.4. The van der Waals surface area contributed by atoms with E-state index in [0.29, 0.717) is 26.2 Å². The first kappa shape index (κ1) is 25.1. The number of rotatable bonds is 8. The van der Waals surface area contributed by atoms with Crippen LogP contribution < -0.4 is 0 Å². The molecule has 0 saturated carbocycles. The quantitative estimate of drug-likeness (QED) is 0.239. The summed E-state index contributed by atoms with van der Waals surface area (Å²) in [5.41, 5.74) is 4.03. The molecule has 0 aromatic heterocycles. The van der Waals surface area contributed by atoms with Crippen molar-refractivity contribution in [2.45, 2.75) is 30.6 Å². The van der Waals surface area contributed by atoms with E-state index in [2.05, 4.69) is 101 Å². The smallest absolute Gasteiger partial charge is 0.242 e. The van der Waals surface area contributed by atoms with Crippen molar-refractivity contribution in [1.29, 1.82) is 5.26 Å². The maximum absolute atomic E-state index is 14.2. The van der Waals surface area contributed by atoms with Gasteiger partial charge >= 0.3 is 0 Å². The summed E-state index contributed by atoms with van der Waals surface area (Å²) >= 11 is 0. The Kier molecular flexibility index (Phi) is 6.98. The predicted octanol–water partition coefficient (Wildman–Crippen LogP) is 5.25. The number of amides is 1. The standard InChI is InChI=1S/C34H32N4O/c35-22-21-31-24-36(23-27-13-5-1-6-14-27)26-37(31)33(39)32-25-38(32)34(28-15-7-2-8-16-28,29-17-9-3-10-18-29)30-19-11-4-12-20-30/h1-20,31-32H,21,23-26H2/t31-,32?,38?/m0/s1. The number of nitriles is 1. The van der Waals surface area contributed by atoms with Crippen LogP contribution in [-0.2, 0) is 16.9 Å². The lowest BCUT2D eigenvalue weighted by atomic mass is 9.76. The van der Waals surface area contributed by atoms with Crippen LogP contribution in [-0.4, -0.2) is 52.4 Å². The molecule has 3 atom stereocenters. The van der Waals surface area contributed by atoms with Crippen LogP contribution in [0.4, 0.5) is 0 Å². The molecule has 0 N–H and O–H groups in total. The molecule has 0 radical (unpaired) electrons. The molecule has 5 nitrogen and oxygen atoms in total. The fourth-order valence-corrected chi connectivity index (χ4v) is 6.22. The first-order valence-electron chi connectivity index (χ1n) is 13.6. The summed E-state index contributed by atoms with van der Waals surface area (Å²) in [5, 5.41) is 9.57. The average Bonchev–Trinajstić information content (AvgIpc) is 3.69. The second-order valence-corrected chi connectivity index (χ2v) is 10.4. The summed E-state index contributed by atoms with van der Waals surface area (Å²) in [6.07, 6.45) is 0.338. The summed E-state index contributed by atoms with van der Waals surface area (Å²) < 4.78 is 0. The molecule has 1 amide bonds. The highest BCUT2D eigenvalue weighted by molar-refractivity contribution is 5.86. The van der Waals surface area contributed by atoms with E-state index < -0.39 is 5.54 Å². The molecule has 2 aliphatic rings. The first-order chi connectivity index (χ1) is 19.2. The Bertz CT molecular complexity index is 1340. The van der Waals surface area contributed by atoms with E-state index in [4.69, 9.17) is 0 Å². The average molecular weight is 513 g/mol. The van der Waals surface area contributed by atoms with Gasteiger partial charge in [0.1, 0.15) is 6.04 Å². The van der Waals surface area contributed by atoms with E-state index in [9.17, 15) is 10.1 Å². The van der Waals surface area contributed by atoms with Crippen LogP contribution in [0.3, 0.4) is 0 Å². The largest absolute Gasteiger partial charge is 0.323 e. The Hall–Kier alpha value is -4.24. The summed E-state index contributed by atoms with van der Waals surface area (Å²) in [7, 11) is 0. The number of benzene rings is 4. The van der Waals surface area contributed by atoms with Gasteiger partial charge in [0.15, 0.2) is 0 Å². The van der Waals surface area contributed by atoms with Gasteiger partial charge in [-0.2, -0.15) is 5.26 Å². The molecule has 4 aromatic carbocycles. The topological polar surface area (TPSA) is 50.4 Å². The molecule has 2 unspecified atom stereocenters. The third kappa shape index (κ3) is 4.74. The van der Waals surface area contributed by atoms with Gasteiger partial charge in [0.05, 0.1) is 30.7 Å². The lowest BCUT2D eigenvalue weighted by molar-refractivity contribution is -0.133. The van der Waals surface area contributed by atoms with Crippen LogP contribution in [0.2, 0.25) is 0 Å². The van der Waals surface area contributed by atoms with Crippen molar-refractivity contribution in [2.24, 2.45) is 0 Å². The zero-order valence-corrected chi connectivity index (χ0v) is 21.9. The van der Waals surface area contributed by atoms with Crippen LogP contribution in [0, 0.1) is 11.3 Å². The van der Waals surface area contributed by atoms with E-state index in [-0.39, 0.29) is 18.0 Å². The molecule has 4 aromatic rings. The van der Waals surface area contributed by atoms with Gasteiger partial charge in [-0.1, -0.05) is 121 Å². The minimum Gasteiger partial charge on any atom is -0.323 e. The minimum absolute atomic E-state index is 0.103. The maximum Gasteiger partial charge on any atom is 0.242 e. The van der Waals surface area contributed by atoms with Crippen LogP contribution in [0.15, 0.2) is 121 Å². The molecule has 0 aliphatic carbocycles. The summed E-state index contributed by atoms with van der Waals surface area (Å²) in [6.45, 7) is 2.68. The van der Waals surface area contributed by atoms with E-state index in [1.807, 2.05) is 41.3 Å². The number of nitrogens with zero attached hydrogens (tertiary/aromatic N) is 4. The van der Waals surface area contributed by atoms with Crippen LogP contribution in [0.1, 0.15) is 28.7 Å². The van der Waals surface area contributed by atoms with Crippen molar-refractivity contribution < 1.29 is 4.79 Å². The monoisotopic (exact) mass is 512 g/mol. The molecule has 2 heterocycles. The molecule has 194 valence electrons. The van der Waals surface area contributed by atoms with Gasteiger partial charge in [-0.15, -0.1) is 0 Å². The highest BCUT2D eigenvalue weighted by Gasteiger charge is 2.57. The van der Waals surface area contributed by atoms with E-state index in [1.54, 1.807) is 0 Å². The molecule has 2 fully saturated rings. The van der Waals surface area contributed by atoms with Crippen molar-refractivity contribution in [2.75, 3.05) is 19.8 Å². The molecule has 39 heavy (non-hydrogen) atoms. The lowest BCUT2D eigenvalue weighted by Gasteiger charge is -2.38. The highest BCUT2D eigenvalue weighted by atomic mass is 16.2. The third-order valence-corrected chi connectivity index (χ3v) is 8.02. The van der Waals surface area contributed by atoms with Gasteiger partial charge in [0.2, 0.25) is 5.91 Å². The molecular weight excluding hydrogens is 480 g/mol. The van der Waals surface area contributed by atoms with Gasteiger partial charge in [-0.25, -0.2) is 0 Å². The zero-order chi connectivity index (χ0) is 26.7. The van der Waals surface area contributed by atoms with E-state index >= 15 is 0 Å². The molecule has 0 bridgehead atoms. The number of hydrogen-bond acceptors (Lipinski definition) is 4. The van der Waals surface area contributed by atoms with Crippen molar-refractivity contribution in [1.82, 2.24) is 14.7 Å². The van der Waals surface area contributed by atoms with E-state index in [1.165, 1.54) is 5.56 Å². The van der Waals surface area contributed by atoms with Gasteiger partial charge in [-0.3, -0.25) is 14.6 Å². The SMILES string of the molecule is N#CC[C@H]1CN(Cc2ccccc2)CN1C(=O)C1CN1C(c1ccccc1)(c1ccccc1)c1ccccc1. The predicted molar refractivity (Wildman–Crippen MR) is 152 cm³/mol. The van der Waals surface area contributed by atoms with Gasteiger partial charge < -0.3 is 4.90 Å². The fraction of sp³-hybridized carbons (Fsp3) is 0.235. The van der Waals surface area contributed by atoms with Crippen LogP contribution in [0.5, 0.6) is 0 Å². The molecule has 2 aliphatic heterocycles. The van der Waals surface area contributed by atoms with Crippen molar-refractivity contribution in [3.63, 3.8) is 0 Å². The number of carbonyl (C=O) groups excluding carboxylic acids is 1. The fourth-order valence-electron chi connectivity index (χ4n) is 6.22. The van der Waals surface area contributed by atoms with E-state index in [0.717, 1.165) is 23.2 Å². The minimum atomic E-state index is -0.599. The number of carbonyl (C=O) groups is 1. The molecule has 0 spiro atoms. The summed E-state index contributed by atoms with van der Waals surface area (Å²) in [6, 6.07) is 43.8. The molecule has 6 rings (SSSR count). The van der Waals surface area contributed by atoms with Crippen molar-refractivity contribution >= 4 is 5.91 Å². The summed E-state index contributed by atoms with van der Waals surface area (Å²) in [5.74, 6) is 0.109. The Morgan fingerprint density at radius 3 is 1.72 bits per heavy atom. The highest BCUT2D eigenvalue weighted by Crippen LogP contribution is 2.48. The second kappa shape index (κ2) is 10.9. The molecular formula is C34H32N4O. The normalized spacial score (nSPS) is 20.9. The van der Waals surface area contributed by atoms with Gasteiger partial charge in [0, 0.05) is 19.6 Å². The first-order valence-corrected chi connectivity index (χ1v) is 13.6. The zero-order valence-electron chi connectivity index (χ0n) is 21.9. The Balaban J connectivity index is 1.34. The summed E-state index contributed by atoms with van der Waals surface area (Å²) in [4.78, 5) is 20.7.